The van der Waals surface area contributed by atoms with Crippen molar-refractivity contribution in [3.8, 4) is 6.07 Å². The second kappa shape index (κ2) is 5.44. The molecule has 1 atom stereocenters. The second-order valence-electron chi connectivity index (χ2n) is 4.11. The number of benzene rings is 1. The largest absolute Gasteiger partial charge is 0.393 e. The molecule has 0 aliphatic carbocycles. The maximum Gasteiger partial charge on any atom is 0.287 e. The highest BCUT2D eigenvalue weighted by atomic mass is 16.6. The summed E-state index contributed by atoms with van der Waals surface area (Å²) >= 11 is 0. The van der Waals surface area contributed by atoms with E-state index in [9.17, 15) is 15.2 Å². The van der Waals surface area contributed by atoms with Gasteiger partial charge in [-0.05, 0) is 19.1 Å². The summed E-state index contributed by atoms with van der Waals surface area (Å²) in [7, 11) is 0. The fraction of sp³-hybridized carbons (Fsp3) is 0.364. The van der Waals surface area contributed by atoms with Crippen molar-refractivity contribution in [3.05, 3.63) is 33.9 Å². The summed E-state index contributed by atoms with van der Waals surface area (Å²) < 4.78 is 0. The molecular weight excluding hydrogens is 238 g/mol. The van der Waals surface area contributed by atoms with E-state index in [1.807, 2.05) is 0 Å². The Labute approximate surface area is 103 Å². The van der Waals surface area contributed by atoms with Gasteiger partial charge in [0.15, 0.2) is 0 Å². The lowest BCUT2D eigenvalue weighted by Crippen LogP contribution is -2.37. The summed E-state index contributed by atoms with van der Waals surface area (Å²) in [6, 6.07) is 5.71. The molecule has 0 saturated heterocycles. The molecule has 18 heavy (non-hydrogen) atoms. The Balaban J connectivity index is 2.88. The van der Waals surface area contributed by atoms with Gasteiger partial charge in [0.25, 0.3) is 5.69 Å². The SMILES string of the molecule is CC(O)(CO)CNc1ccc([N+](=O)[O-])c(C#N)c1. The van der Waals surface area contributed by atoms with Crippen LogP contribution in [0.1, 0.15) is 12.5 Å². The van der Waals surface area contributed by atoms with E-state index >= 15 is 0 Å². The smallest absolute Gasteiger partial charge is 0.287 e. The first kappa shape index (κ1) is 13.9. The second-order valence-corrected chi connectivity index (χ2v) is 4.11. The zero-order valence-corrected chi connectivity index (χ0v) is 9.75. The summed E-state index contributed by atoms with van der Waals surface area (Å²) in [6.07, 6.45) is 0. The van der Waals surface area contributed by atoms with E-state index in [1.54, 1.807) is 6.07 Å². The molecule has 1 aromatic rings. The maximum atomic E-state index is 10.6. The van der Waals surface area contributed by atoms with E-state index in [2.05, 4.69) is 5.32 Å². The number of rotatable bonds is 5. The van der Waals surface area contributed by atoms with Crippen molar-refractivity contribution in [3.63, 3.8) is 0 Å². The van der Waals surface area contributed by atoms with E-state index < -0.39 is 17.1 Å². The molecule has 7 heteroatoms. The molecule has 1 unspecified atom stereocenters. The molecule has 3 N–H and O–H groups in total. The molecule has 1 rings (SSSR count). The Hall–Kier alpha value is -2.17. The third kappa shape index (κ3) is 3.41. The normalized spacial score (nSPS) is 13.4. The van der Waals surface area contributed by atoms with E-state index in [0.717, 1.165) is 0 Å². The first-order chi connectivity index (χ1) is 8.39. The number of nitrogens with one attached hydrogen (secondary N) is 1. The number of nitro benzene ring substituents is 1. The van der Waals surface area contributed by atoms with Crippen LogP contribution in [-0.4, -0.2) is 33.9 Å². The van der Waals surface area contributed by atoms with Crippen molar-refractivity contribution in [1.29, 1.82) is 5.26 Å². The summed E-state index contributed by atoms with van der Waals surface area (Å²) in [5, 5.41) is 40.6. The van der Waals surface area contributed by atoms with Crippen LogP contribution in [0.4, 0.5) is 11.4 Å². The number of nitrogens with zero attached hydrogens (tertiary/aromatic N) is 2. The number of aliphatic hydroxyl groups excluding tert-OH is 1. The average molecular weight is 251 g/mol. The standard InChI is InChI=1S/C11H13N3O4/c1-11(16,7-15)6-13-9-2-3-10(14(17)18)8(4-9)5-12/h2-4,13,15-16H,6-7H2,1H3. The predicted molar refractivity (Wildman–Crippen MR) is 64.0 cm³/mol. The Kier molecular flexibility index (Phi) is 4.20. The fourth-order valence-electron chi connectivity index (χ4n) is 1.24. The van der Waals surface area contributed by atoms with Crippen LogP contribution in [-0.2, 0) is 0 Å². The molecule has 0 bridgehead atoms. The average Bonchev–Trinajstić information content (AvgIpc) is 2.36. The number of nitro groups is 1. The lowest BCUT2D eigenvalue weighted by atomic mass is 10.1. The van der Waals surface area contributed by atoms with Gasteiger partial charge in [-0.3, -0.25) is 10.1 Å². The van der Waals surface area contributed by atoms with Crippen LogP contribution < -0.4 is 5.32 Å². The highest BCUT2D eigenvalue weighted by molar-refractivity contribution is 5.58. The van der Waals surface area contributed by atoms with Gasteiger partial charge in [-0.15, -0.1) is 0 Å². The lowest BCUT2D eigenvalue weighted by Gasteiger charge is -2.21. The molecule has 0 heterocycles. The third-order valence-corrected chi connectivity index (χ3v) is 2.33. The van der Waals surface area contributed by atoms with Gasteiger partial charge in [-0.1, -0.05) is 0 Å². The van der Waals surface area contributed by atoms with Crippen molar-refractivity contribution in [2.75, 3.05) is 18.5 Å². The van der Waals surface area contributed by atoms with Crippen molar-refractivity contribution >= 4 is 11.4 Å². The minimum Gasteiger partial charge on any atom is -0.393 e. The number of hydrogen-bond acceptors (Lipinski definition) is 6. The molecule has 1 aromatic carbocycles. The van der Waals surface area contributed by atoms with Crippen LogP contribution in [0.25, 0.3) is 0 Å². The maximum absolute atomic E-state index is 10.6. The summed E-state index contributed by atoms with van der Waals surface area (Å²) in [4.78, 5) is 9.98. The molecule has 0 spiro atoms. The quantitative estimate of drug-likeness (QED) is 0.521. The van der Waals surface area contributed by atoms with Crippen LogP contribution in [0.15, 0.2) is 18.2 Å². The van der Waals surface area contributed by atoms with Crippen LogP contribution in [0, 0.1) is 21.4 Å². The Bertz CT molecular complexity index is 494. The van der Waals surface area contributed by atoms with Gasteiger partial charge in [0, 0.05) is 18.3 Å². The molecular formula is C11H13N3O4. The summed E-state index contributed by atoms with van der Waals surface area (Å²) in [5.74, 6) is 0. The van der Waals surface area contributed by atoms with Crippen molar-refractivity contribution in [2.24, 2.45) is 0 Å². The first-order valence-electron chi connectivity index (χ1n) is 5.15. The Morgan fingerprint density at radius 3 is 2.78 bits per heavy atom. The molecule has 96 valence electrons. The van der Waals surface area contributed by atoms with E-state index in [1.165, 1.54) is 25.1 Å². The Morgan fingerprint density at radius 2 is 2.28 bits per heavy atom. The first-order valence-corrected chi connectivity index (χ1v) is 5.15. The number of hydrogen-bond donors (Lipinski definition) is 3. The third-order valence-electron chi connectivity index (χ3n) is 2.33. The van der Waals surface area contributed by atoms with Crippen molar-refractivity contribution in [2.45, 2.75) is 12.5 Å². The zero-order chi connectivity index (χ0) is 13.8. The molecule has 0 aliphatic rings. The van der Waals surface area contributed by atoms with Crippen LogP contribution >= 0.6 is 0 Å². The molecule has 0 saturated carbocycles. The van der Waals surface area contributed by atoms with Crippen molar-refractivity contribution in [1.82, 2.24) is 0 Å². The predicted octanol–water partition coefficient (Wildman–Crippen LogP) is 0.622. The lowest BCUT2D eigenvalue weighted by molar-refractivity contribution is -0.385. The minimum atomic E-state index is -1.30. The Morgan fingerprint density at radius 1 is 1.61 bits per heavy atom. The van der Waals surface area contributed by atoms with E-state index in [-0.39, 0.29) is 17.8 Å². The van der Waals surface area contributed by atoms with Crippen LogP contribution in [0.2, 0.25) is 0 Å². The number of anilines is 1. The van der Waals surface area contributed by atoms with Gasteiger partial charge in [0.1, 0.15) is 17.2 Å². The monoisotopic (exact) mass is 251 g/mol. The van der Waals surface area contributed by atoms with Crippen molar-refractivity contribution < 1.29 is 15.1 Å². The topological polar surface area (TPSA) is 119 Å². The van der Waals surface area contributed by atoms with Crippen LogP contribution in [0.3, 0.4) is 0 Å². The molecule has 7 nitrogen and oxygen atoms in total. The molecule has 0 amide bonds. The summed E-state index contributed by atoms with van der Waals surface area (Å²) in [6.45, 7) is 1.08. The van der Waals surface area contributed by atoms with E-state index in [4.69, 9.17) is 10.4 Å². The minimum absolute atomic E-state index is 0.0614. The zero-order valence-electron chi connectivity index (χ0n) is 9.75. The molecule has 0 aliphatic heterocycles. The van der Waals surface area contributed by atoms with Gasteiger partial charge in [-0.2, -0.15) is 5.26 Å². The van der Waals surface area contributed by atoms with Crippen LogP contribution in [0.5, 0.6) is 0 Å². The van der Waals surface area contributed by atoms with Gasteiger partial charge in [-0.25, -0.2) is 0 Å². The highest BCUT2D eigenvalue weighted by Gasteiger charge is 2.19. The molecule has 0 radical (unpaired) electrons. The fourth-order valence-corrected chi connectivity index (χ4v) is 1.24. The van der Waals surface area contributed by atoms with Gasteiger partial charge >= 0.3 is 0 Å². The van der Waals surface area contributed by atoms with Gasteiger partial charge in [0.2, 0.25) is 0 Å². The van der Waals surface area contributed by atoms with E-state index in [0.29, 0.717) is 5.69 Å². The van der Waals surface area contributed by atoms with Gasteiger partial charge < -0.3 is 15.5 Å². The summed E-state index contributed by atoms with van der Waals surface area (Å²) in [5.41, 5.74) is -1.16. The number of aliphatic hydroxyl groups is 2. The molecule has 0 fully saturated rings. The highest BCUT2D eigenvalue weighted by Crippen LogP contribution is 2.22. The van der Waals surface area contributed by atoms with Gasteiger partial charge in [0.05, 0.1) is 11.5 Å². The molecule has 0 aromatic heterocycles. The number of nitriles is 1.